The first-order valence-electron chi connectivity index (χ1n) is 6.39. The van der Waals surface area contributed by atoms with Crippen LogP contribution in [0.15, 0.2) is 42.5 Å². The van der Waals surface area contributed by atoms with Crippen molar-refractivity contribution in [3.63, 3.8) is 0 Å². The summed E-state index contributed by atoms with van der Waals surface area (Å²) in [6.45, 7) is 2.50. The van der Waals surface area contributed by atoms with Gasteiger partial charge in [-0.05, 0) is 30.2 Å². The molecule has 2 aromatic carbocycles. The van der Waals surface area contributed by atoms with E-state index in [1.165, 1.54) is 12.1 Å². The molecule has 2 aromatic rings. The number of hydrogen-bond donors (Lipinski definition) is 1. The Bertz CT molecular complexity index is 662. The van der Waals surface area contributed by atoms with Crippen LogP contribution in [0.1, 0.15) is 24.1 Å². The molecule has 4 nitrogen and oxygen atoms in total. The van der Waals surface area contributed by atoms with E-state index in [1.54, 1.807) is 6.07 Å². The molecule has 6 heteroatoms. The molecule has 0 fully saturated rings. The van der Waals surface area contributed by atoms with Gasteiger partial charge in [0.1, 0.15) is 0 Å². The van der Waals surface area contributed by atoms with Gasteiger partial charge in [-0.25, -0.2) is 0 Å². The van der Waals surface area contributed by atoms with Crippen LogP contribution in [0.2, 0.25) is 10.0 Å². The molecule has 0 bridgehead atoms. The van der Waals surface area contributed by atoms with Gasteiger partial charge in [0.25, 0.3) is 5.69 Å². The third kappa shape index (κ3) is 3.94. The summed E-state index contributed by atoms with van der Waals surface area (Å²) in [5.41, 5.74) is 1.79. The average Bonchev–Trinajstić information content (AvgIpc) is 2.46. The molecule has 0 saturated carbocycles. The fourth-order valence-electron chi connectivity index (χ4n) is 1.99. The molecule has 0 amide bonds. The first-order chi connectivity index (χ1) is 9.99. The van der Waals surface area contributed by atoms with Crippen molar-refractivity contribution in [3.8, 4) is 0 Å². The summed E-state index contributed by atoms with van der Waals surface area (Å²) < 4.78 is 0. The fourth-order valence-corrected chi connectivity index (χ4v) is 2.53. The summed E-state index contributed by atoms with van der Waals surface area (Å²) in [6.07, 6.45) is 0. The van der Waals surface area contributed by atoms with E-state index in [4.69, 9.17) is 23.2 Å². The van der Waals surface area contributed by atoms with E-state index in [9.17, 15) is 10.1 Å². The SMILES string of the molecule is CC(NCc1ccc([N+](=O)[O-])cc1Cl)c1ccccc1Cl. The maximum absolute atomic E-state index is 10.7. The molecule has 21 heavy (non-hydrogen) atoms. The number of nitrogens with zero attached hydrogens (tertiary/aromatic N) is 1. The second-order valence-electron chi connectivity index (χ2n) is 4.66. The van der Waals surface area contributed by atoms with Crippen LogP contribution in [-0.4, -0.2) is 4.92 Å². The van der Waals surface area contributed by atoms with Gasteiger partial charge in [-0.15, -0.1) is 0 Å². The zero-order chi connectivity index (χ0) is 15.4. The molecule has 0 radical (unpaired) electrons. The van der Waals surface area contributed by atoms with E-state index in [0.717, 1.165) is 11.1 Å². The first-order valence-corrected chi connectivity index (χ1v) is 7.15. The van der Waals surface area contributed by atoms with Gasteiger partial charge in [0, 0.05) is 29.7 Å². The predicted molar refractivity (Wildman–Crippen MR) is 84.8 cm³/mol. The number of nitro benzene ring substituents is 1. The lowest BCUT2D eigenvalue weighted by molar-refractivity contribution is -0.384. The molecule has 2 rings (SSSR count). The third-order valence-corrected chi connectivity index (χ3v) is 3.91. The molecule has 0 aliphatic carbocycles. The van der Waals surface area contributed by atoms with Crippen molar-refractivity contribution in [1.29, 1.82) is 0 Å². The highest BCUT2D eigenvalue weighted by Crippen LogP contribution is 2.25. The summed E-state index contributed by atoms with van der Waals surface area (Å²) >= 11 is 12.2. The van der Waals surface area contributed by atoms with E-state index in [0.29, 0.717) is 16.6 Å². The van der Waals surface area contributed by atoms with Crippen LogP contribution >= 0.6 is 23.2 Å². The molecule has 0 aliphatic heterocycles. The van der Waals surface area contributed by atoms with E-state index in [-0.39, 0.29) is 11.7 Å². The molecule has 110 valence electrons. The van der Waals surface area contributed by atoms with E-state index >= 15 is 0 Å². The maximum atomic E-state index is 10.7. The largest absolute Gasteiger partial charge is 0.306 e. The molecule has 0 saturated heterocycles. The molecular formula is C15H14Cl2N2O2. The van der Waals surface area contributed by atoms with Gasteiger partial charge in [0.05, 0.1) is 9.95 Å². The summed E-state index contributed by atoms with van der Waals surface area (Å²) in [4.78, 5) is 10.2. The molecule has 0 spiro atoms. The molecular weight excluding hydrogens is 311 g/mol. The fraction of sp³-hybridized carbons (Fsp3) is 0.200. The van der Waals surface area contributed by atoms with Crippen molar-refractivity contribution in [3.05, 3.63) is 73.8 Å². The standard InChI is InChI=1S/C15H14Cl2N2O2/c1-10(13-4-2-3-5-14(13)16)18-9-11-6-7-12(19(20)21)8-15(11)17/h2-8,10,18H,9H2,1H3. The minimum atomic E-state index is -0.463. The van der Waals surface area contributed by atoms with Crippen LogP contribution in [0.25, 0.3) is 0 Å². The quantitative estimate of drug-likeness (QED) is 0.637. The van der Waals surface area contributed by atoms with Crippen LogP contribution in [0.4, 0.5) is 5.69 Å². The van der Waals surface area contributed by atoms with E-state index < -0.39 is 4.92 Å². The number of nitro groups is 1. The van der Waals surface area contributed by atoms with E-state index in [1.807, 2.05) is 31.2 Å². The van der Waals surface area contributed by atoms with Crippen molar-refractivity contribution in [1.82, 2.24) is 5.32 Å². The Balaban J connectivity index is 2.06. The molecule has 1 unspecified atom stereocenters. The second kappa shape index (κ2) is 6.89. The molecule has 0 aliphatic rings. The minimum Gasteiger partial charge on any atom is -0.306 e. The Morgan fingerprint density at radius 2 is 1.90 bits per heavy atom. The lowest BCUT2D eigenvalue weighted by atomic mass is 10.1. The summed E-state index contributed by atoms with van der Waals surface area (Å²) in [5, 5.41) is 15.1. The van der Waals surface area contributed by atoms with Gasteiger partial charge in [0.2, 0.25) is 0 Å². The van der Waals surface area contributed by atoms with Crippen molar-refractivity contribution in [2.75, 3.05) is 0 Å². The zero-order valence-electron chi connectivity index (χ0n) is 11.3. The van der Waals surface area contributed by atoms with Crippen LogP contribution in [-0.2, 0) is 6.54 Å². The Hall–Kier alpha value is -1.62. The van der Waals surface area contributed by atoms with Crippen LogP contribution in [0.5, 0.6) is 0 Å². The number of nitrogens with one attached hydrogen (secondary N) is 1. The number of non-ortho nitro benzene ring substituents is 1. The molecule has 0 heterocycles. The summed E-state index contributed by atoms with van der Waals surface area (Å²) in [5.74, 6) is 0. The maximum Gasteiger partial charge on any atom is 0.270 e. The number of halogens is 2. The van der Waals surface area contributed by atoms with Gasteiger partial charge >= 0.3 is 0 Å². The highest BCUT2D eigenvalue weighted by Gasteiger charge is 2.12. The lowest BCUT2D eigenvalue weighted by Crippen LogP contribution is -2.18. The summed E-state index contributed by atoms with van der Waals surface area (Å²) in [6, 6.07) is 12.1. The highest BCUT2D eigenvalue weighted by atomic mass is 35.5. The lowest BCUT2D eigenvalue weighted by Gasteiger charge is -2.16. The third-order valence-electron chi connectivity index (χ3n) is 3.22. The zero-order valence-corrected chi connectivity index (χ0v) is 12.9. The van der Waals surface area contributed by atoms with Crippen LogP contribution in [0.3, 0.4) is 0 Å². The van der Waals surface area contributed by atoms with Gasteiger partial charge < -0.3 is 5.32 Å². The average molecular weight is 325 g/mol. The summed E-state index contributed by atoms with van der Waals surface area (Å²) in [7, 11) is 0. The van der Waals surface area contributed by atoms with Gasteiger partial charge in [-0.3, -0.25) is 10.1 Å². The highest BCUT2D eigenvalue weighted by molar-refractivity contribution is 6.31. The topological polar surface area (TPSA) is 55.2 Å². The van der Waals surface area contributed by atoms with Gasteiger partial charge in [0.15, 0.2) is 0 Å². The number of hydrogen-bond acceptors (Lipinski definition) is 3. The number of rotatable bonds is 5. The Kier molecular flexibility index (Phi) is 5.17. The van der Waals surface area contributed by atoms with Crippen molar-refractivity contribution >= 4 is 28.9 Å². The molecule has 1 N–H and O–H groups in total. The first kappa shape index (κ1) is 15.8. The smallest absolute Gasteiger partial charge is 0.270 e. The van der Waals surface area contributed by atoms with Gasteiger partial charge in [-0.1, -0.05) is 41.4 Å². The molecule has 1 atom stereocenters. The Morgan fingerprint density at radius 3 is 2.52 bits per heavy atom. The normalized spacial score (nSPS) is 12.1. The number of benzene rings is 2. The molecule has 0 aromatic heterocycles. The predicted octanol–water partition coefficient (Wildman–Crippen LogP) is 4.75. The van der Waals surface area contributed by atoms with Crippen LogP contribution < -0.4 is 5.32 Å². The van der Waals surface area contributed by atoms with Crippen LogP contribution in [0, 0.1) is 10.1 Å². The Labute approximate surface area is 132 Å². The van der Waals surface area contributed by atoms with Gasteiger partial charge in [-0.2, -0.15) is 0 Å². The van der Waals surface area contributed by atoms with Crippen molar-refractivity contribution in [2.24, 2.45) is 0 Å². The second-order valence-corrected chi connectivity index (χ2v) is 5.47. The van der Waals surface area contributed by atoms with E-state index in [2.05, 4.69) is 5.32 Å². The van der Waals surface area contributed by atoms with Crippen molar-refractivity contribution < 1.29 is 4.92 Å². The van der Waals surface area contributed by atoms with Crippen molar-refractivity contribution in [2.45, 2.75) is 19.5 Å². The minimum absolute atomic E-state index is 0.0112. The monoisotopic (exact) mass is 324 g/mol. The Morgan fingerprint density at radius 1 is 1.19 bits per heavy atom.